The zero-order chi connectivity index (χ0) is 7.68. The quantitative estimate of drug-likeness (QED) is 0.470. The first-order valence-corrected chi connectivity index (χ1v) is 3.60. The Morgan fingerprint density at radius 3 is 2.25 bits per heavy atom. The van der Waals surface area contributed by atoms with Crippen LogP contribution in [0.25, 0.3) is 10.8 Å². The van der Waals surface area contributed by atoms with E-state index in [2.05, 4.69) is 12.1 Å². The molecule has 0 spiro atoms. The van der Waals surface area contributed by atoms with E-state index < -0.39 is 0 Å². The van der Waals surface area contributed by atoms with Gasteiger partial charge in [0.05, 0.1) is 0 Å². The number of hydrogen-bond donors (Lipinski definition) is 1. The van der Waals surface area contributed by atoms with Crippen molar-refractivity contribution in [2.24, 2.45) is 0 Å². The second kappa shape index (κ2) is 3.94. The van der Waals surface area contributed by atoms with Gasteiger partial charge in [-0.15, -0.1) is 0 Å². The monoisotopic (exact) mass is 166 g/mol. The van der Waals surface area contributed by atoms with Crippen LogP contribution in [-0.4, -0.2) is 29.6 Å². The summed E-state index contributed by atoms with van der Waals surface area (Å²) in [4.78, 5) is 0. The molecule has 55 valence electrons. The normalized spacial score (nSPS) is 9.33. The molecule has 0 aliphatic heterocycles. The fourth-order valence-corrected chi connectivity index (χ4v) is 1.21. The fourth-order valence-electron chi connectivity index (χ4n) is 1.21. The molecule has 2 N–H and O–H groups in total. The number of hydrogen-bond acceptors (Lipinski definition) is 1. The minimum Gasteiger partial charge on any atom is -0.399 e. The third-order valence-electron chi connectivity index (χ3n) is 1.77. The van der Waals surface area contributed by atoms with Gasteiger partial charge < -0.3 is 5.73 Å². The van der Waals surface area contributed by atoms with E-state index in [1.807, 2.05) is 30.3 Å². The summed E-state index contributed by atoms with van der Waals surface area (Å²) < 4.78 is 0. The van der Waals surface area contributed by atoms with Crippen molar-refractivity contribution in [3.63, 3.8) is 0 Å². The van der Waals surface area contributed by atoms with Crippen molar-refractivity contribution in [3.05, 3.63) is 42.5 Å². The van der Waals surface area contributed by atoms with Gasteiger partial charge >= 0.3 is 0 Å². The molecule has 2 heteroatoms. The molecule has 1 nitrogen and oxygen atoms in total. The molecule has 0 atom stereocenters. The minimum atomic E-state index is 0. The molecule has 0 saturated heterocycles. The van der Waals surface area contributed by atoms with Crippen molar-refractivity contribution in [2.45, 2.75) is 0 Å². The van der Waals surface area contributed by atoms with Crippen molar-refractivity contribution in [1.29, 1.82) is 0 Å². The molecule has 0 heterocycles. The van der Waals surface area contributed by atoms with Gasteiger partial charge in [-0.3, -0.25) is 0 Å². The molecule has 0 fully saturated rings. The summed E-state index contributed by atoms with van der Waals surface area (Å²) in [7, 11) is 0. The smallest absolute Gasteiger partial charge is 0.0320 e. The molecule has 2 rings (SSSR count). The molecule has 0 unspecified atom stereocenters. The van der Waals surface area contributed by atoms with Crippen LogP contribution in [0.2, 0.25) is 0 Å². The van der Waals surface area contributed by atoms with Crippen LogP contribution in [0.5, 0.6) is 0 Å². The molecule has 1 radical (unpaired) electrons. The maximum Gasteiger partial charge on any atom is 0.0320 e. The van der Waals surface area contributed by atoms with Gasteiger partial charge in [0.1, 0.15) is 0 Å². The second-order valence-corrected chi connectivity index (χ2v) is 2.61. The third kappa shape index (κ3) is 1.81. The topological polar surface area (TPSA) is 26.0 Å². The molecule has 0 aromatic heterocycles. The maximum absolute atomic E-state index is 5.62. The van der Waals surface area contributed by atoms with E-state index in [9.17, 15) is 0 Å². The SMILES string of the molecule is Nc1ccc2ccccc2c1.[Na]. The number of nitrogen functional groups attached to an aromatic ring is 1. The summed E-state index contributed by atoms with van der Waals surface area (Å²) >= 11 is 0. The molecular weight excluding hydrogens is 157 g/mol. The summed E-state index contributed by atoms with van der Waals surface area (Å²) in [5.74, 6) is 0. The zero-order valence-corrected chi connectivity index (χ0v) is 9.12. The Hall–Kier alpha value is -0.500. The maximum atomic E-state index is 5.62. The molecular formula is C10H9NNa. The Bertz CT molecular complexity index is 384. The molecule has 12 heavy (non-hydrogen) atoms. The van der Waals surface area contributed by atoms with Crippen molar-refractivity contribution in [1.82, 2.24) is 0 Å². The molecule has 0 saturated carbocycles. The van der Waals surface area contributed by atoms with Gasteiger partial charge in [-0.25, -0.2) is 0 Å². The van der Waals surface area contributed by atoms with Gasteiger partial charge in [0.15, 0.2) is 0 Å². The van der Waals surface area contributed by atoms with Crippen LogP contribution in [0.4, 0.5) is 5.69 Å². The third-order valence-corrected chi connectivity index (χ3v) is 1.77. The van der Waals surface area contributed by atoms with Gasteiger partial charge in [0, 0.05) is 35.2 Å². The summed E-state index contributed by atoms with van der Waals surface area (Å²) in [5.41, 5.74) is 6.45. The van der Waals surface area contributed by atoms with E-state index in [0.29, 0.717) is 0 Å². The molecule has 0 bridgehead atoms. The number of anilines is 1. The van der Waals surface area contributed by atoms with E-state index >= 15 is 0 Å². The van der Waals surface area contributed by atoms with Gasteiger partial charge in [-0.2, -0.15) is 0 Å². The van der Waals surface area contributed by atoms with Crippen molar-refractivity contribution in [2.75, 3.05) is 5.73 Å². The second-order valence-electron chi connectivity index (χ2n) is 2.61. The van der Waals surface area contributed by atoms with Crippen LogP contribution in [0.15, 0.2) is 42.5 Å². The summed E-state index contributed by atoms with van der Waals surface area (Å²) in [6.45, 7) is 0. The largest absolute Gasteiger partial charge is 0.399 e. The number of nitrogens with two attached hydrogens (primary N) is 1. The van der Waals surface area contributed by atoms with E-state index in [1.54, 1.807) is 0 Å². The number of rotatable bonds is 0. The standard InChI is InChI=1S/C10H9N.Na/c11-10-6-5-8-3-1-2-4-9(8)7-10;/h1-7H,11H2;. The first-order chi connectivity index (χ1) is 5.36. The van der Waals surface area contributed by atoms with Crippen LogP contribution in [0, 0.1) is 0 Å². The number of fused-ring (bicyclic) bond motifs is 1. The van der Waals surface area contributed by atoms with Gasteiger partial charge in [0.2, 0.25) is 0 Å². The van der Waals surface area contributed by atoms with Gasteiger partial charge in [0.25, 0.3) is 0 Å². The van der Waals surface area contributed by atoms with E-state index in [4.69, 9.17) is 5.73 Å². The summed E-state index contributed by atoms with van der Waals surface area (Å²) in [6.07, 6.45) is 0. The molecule has 2 aromatic carbocycles. The Labute approximate surface area is 93.9 Å². The van der Waals surface area contributed by atoms with E-state index in [0.717, 1.165) is 5.69 Å². The molecule has 0 aliphatic carbocycles. The van der Waals surface area contributed by atoms with Crippen LogP contribution >= 0.6 is 0 Å². The average Bonchev–Trinajstić information content (AvgIpc) is 2.04. The van der Waals surface area contributed by atoms with Crippen molar-refractivity contribution in [3.8, 4) is 0 Å². The predicted octanol–water partition coefficient (Wildman–Crippen LogP) is 2.04. The summed E-state index contributed by atoms with van der Waals surface area (Å²) in [6, 6.07) is 14.1. The molecule has 0 amide bonds. The van der Waals surface area contributed by atoms with Crippen LogP contribution < -0.4 is 5.73 Å². The Morgan fingerprint density at radius 2 is 1.50 bits per heavy atom. The first kappa shape index (κ1) is 9.59. The van der Waals surface area contributed by atoms with E-state index in [1.165, 1.54) is 10.8 Å². The molecule has 0 aliphatic rings. The first-order valence-electron chi connectivity index (χ1n) is 3.60. The van der Waals surface area contributed by atoms with Gasteiger partial charge in [-0.05, 0) is 22.9 Å². The van der Waals surface area contributed by atoms with Crippen LogP contribution in [0.3, 0.4) is 0 Å². The average molecular weight is 166 g/mol. The Kier molecular flexibility index (Phi) is 3.15. The van der Waals surface area contributed by atoms with Crippen molar-refractivity contribution >= 4 is 46.0 Å². The molecule has 2 aromatic rings. The minimum absolute atomic E-state index is 0. The van der Waals surface area contributed by atoms with Crippen LogP contribution in [0.1, 0.15) is 0 Å². The number of benzene rings is 2. The van der Waals surface area contributed by atoms with E-state index in [-0.39, 0.29) is 29.6 Å². The fraction of sp³-hybridized carbons (Fsp3) is 0. The zero-order valence-electron chi connectivity index (χ0n) is 7.12. The Morgan fingerprint density at radius 1 is 0.833 bits per heavy atom. The Balaban J connectivity index is 0.000000720. The predicted molar refractivity (Wildman–Crippen MR) is 54.1 cm³/mol. The summed E-state index contributed by atoms with van der Waals surface area (Å²) in [5, 5.41) is 2.44. The van der Waals surface area contributed by atoms with Crippen LogP contribution in [-0.2, 0) is 0 Å². The van der Waals surface area contributed by atoms with Gasteiger partial charge in [-0.1, -0.05) is 30.3 Å². The van der Waals surface area contributed by atoms with Crippen molar-refractivity contribution < 1.29 is 0 Å².